The molecule has 33 heavy (non-hydrogen) atoms. The van der Waals surface area contributed by atoms with Crippen LogP contribution in [0.15, 0.2) is 83.8 Å². The lowest BCUT2D eigenvalue weighted by molar-refractivity contribution is -0.118. The van der Waals surface area contributed by atoms with Gasteiger partial charge in [0.2, 0.25) is 10.0 Å². The molecule has 0 bridgehead atoms. The minimum absolute atomic E-state index is 0.128. The van der Waals surface area contributed by atoms with Gasteiger partial charge in [-0.25, -0.2) is 13.2 Å². The fourth-order valence-corrected chi connectivity index (χ4v) is 4.13. The minimum atomic E-state index is -3.67. The number of hydrogen-bond acceptors (Lipinski definition) is 6. The number of hydrogen-bond donors (Lipinski definition) is 1. The predicted octanol–water partition coefficient (Wildman–Crippen LogP) is 3.31. The number of esters is 1. The van der Waals surface area contributed by atoms with Gasteiger partial charge in [-0.05, 0) is 54.1 Å². The lowest BCUT2D eigenvalue weighted by atomic mass is 10.2. The molecule has 0 unspecified atom stereocenters. The third kappa shape index (κ3) is 6.41. The van der Waals surface area contributed by atoms with Crippen LogP contribution in [0.25, 0.3) is 0 Å². The Morgan fingerprint density at radius 2 is 1.55 bits per heavy atom. The second-order valence-electron chi connectivity index (χ2n) is 7.12. The van der Waals surface area contributed by atoms with Crippen molar-refractivity contribution >= 4 is 27.6 Å². The molecule has 0 aliphatic heterocycles. The van der Waals surface area contributed by atoms with E-state index in [4.69, 9.17) is 4.74 Å². The maximum absolute atomic E-state index is 12.8. The molecular weight excluding hydrogens is 444 g/mol. The molecule has 0 aliphatic carbocycles. The molecule has 0 saturated carbocycles. The smallest absolute Gasteiger partial charge is 0.337 e. The molecule has 0 fully saturated rings. The second kappa shape index (κ2) is 10.8. The van der Waals surface area contributed by atoms with Gasteiger partial charge in [-0.1, -0.05) is 30.3 Å². The summed E-state index contributed by atoms with van der Waals surface area (Å²) in [6, 6.07) is 21.4. The van der Waals surface area contributed by atoms with E-state index in [1.807, 2.05) is 30.3 Å². The molecule has 3 rings (SSSR count). The highest BCUT2D eigenvalue weighted by Crippen LogP contribution is 2.20. The maximum Gasteiger partial charge on any atom is 0.337 e. The van der Waals surface area contributed by atoms with Crippen molar-refractivity contribution in [2.75, 3.05) is 26.1 Å². The monoisotopic (exact) mass is 468 g/mol. The first-order valence-electron chi connectivity index (χ1n) is 10.0. The van der Waals surface area contributed by atoms with Crippen LogP contribution in [-0.4, -0.2) is 45.4 Å². The third-order valence-electron chi connectivity index (χ3n) is 4.74. The zero-order valence-corrected chi connectivity index (χ0v) is 19.0. The quantitative estimate of drug-likeness (QED) is 0.484. The molecule has 0 aromatic heterocycles. The minimum Gasteiger partial charge on any atom is -0.484 e. The number of sulfonamides is 1. The first kappa shape index (κ1) is 24.0. The van der Waals surface area contributed by atoms with Crippen LogP contribution in [0.2, 0.25) is 0 Å². The van der Waals surface area contributed by atoms with Crippen molar-refractivity contribution in [1.82, 2.24) is 4.31 Å². The largest absolute Gasteiger partial charge is 0.484 e. The average Bonchev–Trinajstić information content (AvgIpc) is 2.83. The van der Waals surface area contributed by atoms with Gasteiger partial charge in [0.1, 0.15) is 5.75 Å². The number of rotatable bonds is 9. The van der Waals surface area contributed by atoms with Gasteiger partial charge in [-0.2, -0.15) is 4.31 Å². The van der Waals surface area contributed by atoms with E-state index in [1.165, 1.54) is 54.9 Å². The van der Waals surface area contributed by atoms with E-state index in [-0.39, 0.29) is 18.0 Å². The van der Waals surface area contributed by atoms with Crippen LogP contribution in [0.1, 0.15) is 15.9 Å². The van der Waals surface area contributed by atoms with Crippen LogP contribution in [0.4, 0.5) is 5.69 Å². The molecule has 3 aromatic carbocycles. The van der Waals surface area contributed by atoms with Gasteiger partial charge in [-0.15, -0.1) is 0 Å². The van der Waals surface area contributed by atoms with Crippen LogP contribution >= 0.6 is 0 Å². The fourth-order valence-electron chi connectivity index (χ4n) is 2.97. The second-order valence-corrected chi connectivity index (χ2v) is 9.17. The Balaban J connectivity index is 1.54. The van der Waals surface area contributed by atoms with Gasteiger partial charge in [0, 0.05) is 19.3 Å². The Kier molecular flexibility index (Phi) is 7.81. The summed E-state index contributed by atoms with van der Waals surface area (Å²) in [5.41, 5.74) is 1.75. The summed E-state index contributed by atoms with van der Waals surface area (Å²) in [6.45, 7) is -0.0129. The molecule has 172 valence electrons. The summed E-state index contributed by atoms with van der Waals surface area (Å²) >= 11 is 0. The van der Waals surface area contributed by atoms with Crippen molar-refractivity contribution in [3.63, 3.8) is 0 Å². The summed E-state index contributed by atoms with van der Waals surface area (Å²) in [5, 5.41) is 2.65. The van der Waals surface area contributed by atoms with Crippen LogP contribution in [0, 0.1) is 0 Å². The zero-order valence-electron chi connectivity index (χ0n) is 18.2. The van der Waals surface area contributed by atoms with Crippen molar-refractivity contribution in [1.29, 1.82) is 0 Å². The van der Waals surface area contributed by atoms with E-state index in [9.17, 15) is 18.0 Å². The highest BCUT2D eigenvalue weighted by molar-refractivity contribution is 7.89. The molecule has 0 aliphatic rings. The summed E-state index contributed by atoms with van der Waals surface area (Å²) in [7, 11) is -0.857. The van der Waals surface area contributed by atoms with Gasteiger partial charge in [0.25, 0.3) is 5.91 Å². The van der Waals surface area contributed by atoms with E-state index >= 15 is 0 Å². The Hall–Kier alpha value is -3.69. The molecule has 8 nitrogen and oxygen atoms in total. The number of methoxy groups -OCH3 is 1. The van der Waals surface area contributed by atoms with E-state index in [2.05, 4.69) is 10.1 Å². The maximum atomic E-state index is 12.8. The van der Waals surface area contributed by atoms with E-state index in [1.54, 1.807) is 12.1 Å². The lowest BCUT2D eigenvalue weighted by Crippen LogP contribution is -2.26. The summed E-state index contributed by atoms with van der Waals surface area (Å²) < 4.78 is 36.9. The summed E-state index contributed by atoms with van der Waals surface area (Å²) in [4.78, 5) is 23.7. The van der Waals surface area contributed by atoms with E-state index in [0.29, 0.717) is 17.0 Å². The number of nitrogens with one attached hydrogen (secondary N) is 1. The predicted molar refractivity (Wildman–Crippen MR) is 123 cm³/mol. The Bertz CT molecular complexity index is 1190. The number of carbonyl (C=O) groups is 2. The fraction of sp³-hybridized carbons (Fsp3) is 0.167. The number of anilines is 1. The molecule has 0 saturated heterocycles. The SMILES string of the molecule is COC(=O)c1ccc(NC(=O)COc2ccc(S(=O)(=O)N(C)Cc3ccccc3)cc2)cc1. The zero-order chi connectivity index (χ0) is 23.8. The van der Waals surface area contributed by atoms with Crippen molar-refractivity contribution < 1.29 is 27.5 Å². The van der Waals surface area contributed by atoms with Crippen LogP contribution in [0.5, 0.6) is 5.75 Å². The van der Waals surface area contributed by atoms with Crippen molar-refractivity contribution in [3.8, 4) is 5.75 Å². The molecule has 9 heteroatoms. The van der Waals surface area contributed by atoms with Gasteiger partial charge in [0.15, 0.2) is 6.61 Å². The van der Waals surface area contributed by atoms with E-state index in [0.717, 1.165) is 5.56 Å². The van der Waals surface area contributed by atoms with Crippen LogP contribution in [0.3, 0.4) is 0 Å². The average molecular weight is 469 g/mol. The Morgan fingerprint density at radius 3 is 2.15 bits per heavy atom. The number of amides is 1. The topological polar surface area (TPSA) is 102 Å². The molecule has 1 N–H and O–H groups in total. The molecular formula is C24H24N2O6S. The van der Waals surface area contributed by atoms with Crippen LogP contribution < -0.4 is 10.1 Å². The normalized spacial score (nSPS) is 11.1. The van der Waals surface area contributed by atoms with Gasteiger partial charge >= 0.3 is 5.97 Å². The highest BCUT2D eigenvalue weighted by Gasteiger charge is 2.21. The lowest BCUT2D eigenvalue weighted by Gasteiger charge is -2.17. The first-order chi connectivity index (χ1) is 15.8. The molecule has 0 radical (unpaired) electrons. The van der Waals surface area contributed by atoms with Crippen molar-refractivity contribution in [2.24, 2.45) is 0 Å². The summed E-state index contributed by atoms with van der Waals surface area (Å²) in [6.07, 6.45) is 0. The number of benzene rings is 3. The van der Waals surface area contributed by atoms with Crippen molar-refractivity contribution in [3.05, 3.63) is 90.0 Å². The molecule has 1 amide bonds. The molecule has 0 atom stereocenters. The number of nitrogens with zero attached hydrogens (tertiary/aromatic N) is 1. The first-order valence-corrected chi connectivity index (χ1v) is 11.4. The molecule has 3 aromatic rings. The highest BCUT2D eigenvalue weighted by atomic mass is 32.2. The van der Waals surface area contributed by atoms with Gasteiger partial charge in [-0.3, -0.25) is 4.79 Å². The summed E-state index contributed by atoms with van der Waals surface area (Å²) in [5.74, 6) is -0.510. The number of carbonyl (C=O) groups excluding carboxylic acids is 2. The standard InChI is InChI=1S/C24H24N2O6S/c1-26(16-18-6-4-3-5-7-18)33(29,30)22-14-12-21(13-15-22)32-17-23(27)25-20-10-8-19(9-11-20)24(28)31-2/h3-15H,16-17H2,1-2H3,(H,25,27). The van der Waals surface area contributed by atoms with E-state index < -0.39 is 21.9 Å². The van der Waals surface area contributed by atoms with Crippen molar-refractivity contribution in [2.45, 2.75) is 11.4 Å². The number of ether oxygens (including phenoxy) is 2. The molecule has 0 spiro atoms. The Labute approximate surface area is 192 Å². The van der Waals surface area contributed by atoms with Gasteiger partial charge < -0.3 is 14.8 Å². The third-order valence-corrected chi connectivity index (χ3v) is 6.56. The Morgan fingerprint density at radius 1 is 0.909 bits per heavy atom. The van der Waals surface area contributed by atoms with Crippen LogP contribution in [-0.2, 0) is 26.1 Å². The van der Waals surface area contributed by atoms with Gasteiger partial charge in [0.05, 0.1) is 17.6 Å². The molecule has 0 heterocycles.